The molecule has 0 bridgehead atoms. The summed E-state index contributed by atoms with van der Waals surface area (Å²) in [5.74, 6) is 0.376. The Morgan fingerprint density at radius 1 is 1.20 bits per heavy atom. The highest BCUT2D eigenvalue weighted by Gasteiger charge is 2.26. The van der Waals surface area contributed by atoms with Gasteiger partial charge in [0.05, 0.1) is 6.54 Å². The lowest BCUT2D eigenvalue weighted by Crippen LogP contribution is -2.45. The molecular formula is C14H28ClN3O2. The molecule has 1 aliphatic rings. The van der Waals surface area contributed by atoms with Crippen molar-refractivity contribution < 1.29 is 9.59 Å². The number of piperidine rings is 1. The van der Waals surface area contributed by atoms with Gasteiger partial charge in [-0.25, -0.2) is 0 Å². The van der Waals surface area contributed by atoms with Gasteiger partial charge in [0.25, 0.3) is 0 Å². The summed E-state index contributed by atoms with van der Waals surface area (Å²) in [6, 6.07) is 0. The molecule has 118 valence electrons. The first-order valence-corrected chi connectivity index (χ1v) is 7.39. The molecule has 5 nitrogen and oxygen atoms in total. The molecule has 0 atom stereocenters. The first-order chi connectivity index (χ1) is 9.19. The average Bonchev–Trinajstić information content (AvgIpc) is 2.44. The van der Waals surface area contributed by atoms with E-state index >= 15 is 0 Å². The Morgan fingerprint density at radius 3 is 2.40 bits per heavy atom. The van der Waals surface area contributed by atoms with Crippen LogP contribution in [-0.4, -0.2) is 49.9 Å². The van der Waals surface area contributed by atoms with Crippen LogP contribution in [0.3, 0.4) is 0 Å². The highest BCUT2D eigenvalue weighted by atomic mass is 35.5. The lowest BCUT2D eigenvalue weighted by Gasteiger charge is -2.31. The Hall–Kier alpha value is -0.810. The first kappa shape index (κ1) is 19.2. The number of hydrogen-bond acceptors (Lipinski definition) is 3. The van der Waals surface area contributed by atoms with E-state index in [4.69, 9.17) is 0 Å². The van der Waals surface area contributed by atoms with E-state index in [9.17, 15) is 9.59 Å². The fraction of sp³-hybridized carbons (Fsp3) is 0.857. The van der Waals surface area contributed by atoms with Crippen molar-refractivity contribution in [1.29, 1.82) is 0 Å². The van der Waals surface area contributed by atoms with Crippen molar-refractivity contribution in [2.75, 3.05) is 33.2 Å². The standard InChI is InChI=1S/C14H27N3O2.ClH/c1-3-4-5-8-16-14(19)12-6-9-17(10-7-12)13(18)11-15-2;/h12,15H,3-11H2,1-2H3,(H,16,19);1H. The van der Waals surface area contributed by atoms with Gasteiger partial charge in [0, 0.05) is 25.6 Å². The SMILES string of the molecule is CCCCCNC(=O)C1CCN(C(=O)CNC)CC1.Cl. The van der Waals surface area contributed by atoms with Crippen LogP contribution in [0, 0.1) is 5.92 Å². The Kier molecular flexibility index (Phi) is 10.5. The maximum atomic E-state index is 11.9. The molecule has 6 heteroatoms. The summed E-state index contributed by atoms with van der Waals surface area (Å²) in [4.78, 5) is 25.5. The van der Waals surface area contributed by atoms with Gasteiger partial charge >= 0.3 is 0 Å². The third kappa shape index (κ3) is 6.57. The molecule has 0 unspecified atom stereocenters. The van der Waals surface area contributed by atoms with E-state index in [1.54, 1.807) is 7.05 Å². The molecule has 0 aromatic rings. The minimum Gasteiger partial charge on any atom is -0.356 e. The molecule has 0 aromatic carbocycles. The van der Waals surface area contributed by atoms with Gasteiger partial charge in [-0.05, 0) is 26.3 Å². The number of halogens is 1. The quantitative estimate of drug-likeness (QED) is 0.694. The van der Waals surface area contributed by atoms with Gasteiger partial charge in [-0.2, -0.15) is 0 Å². The van der Waals surface area contributed by atoms with E-state index in [0.717, 1.165) is 32.2 Å². The van der Waals surface area contributed by atoms with Crippen LogP contribution in [0.15, 0.2) is 0 Å². The zero-order valence-corrected chi connectivity index (χ0v) is 13.4. The Morgan fingerprint density at radius 2 is 1.85 bits per heavy atom. The van der Waals surface area contributed by atoms with Crippen LogP contribution in [0.1, 0.15) is 39.0 Å². The number of likely N-dealkylation sites (tertiary alicyclic amines) is 1. The topological polar surface area (TPSA) is 61.4 Å². The van der Waals surface area contributed by atoms with Gasteiger partial charge in [-0.3, -0.25) is 9.59 Å². The highest BCUT2D eigenvalue weighted by molar-refractivity contribution is 5.85. The summed E-state index contributed by atoms with van der Waals surface area (Å²) in [6.45, 7) is 4.72. The molecule has 1 saturated heterocycles. The van der Waals surface area contributed by atoms with E-state index < -0.39 is 0 Å². The summed E-state index contributed by atoms with van der Waals surface area (Å²) in [6.07, 6.45) is 4.96. The number of nitrogens with one attached hydrogen (secondary N) is 2. The number of unbranched alkanes of at least 4 members (excludes halogenated alkanes) is 2. The van der Waals surface area contributed by atoms with Gasteiger partial charge in [0.1, 0.15) is 0 Å². The molecule has 0 spiro atoms. The predicted octanol–water partition coefficient (Wildman–Crippen LogP) is 1.17. The number of carbonyl (C=O) groups is 2. The summed E-state index contributed by atoms with van der Waals surface area (Å²) in [5.41, 5.74) is 0. The number of nitrogens with zero attached hydrogens (tertiary/aromatic N) is 1. The van der Waals surface area contributed by atoms with Crippen molar-refractivity contribution >= 4 is 24.2 Å². The summed E-state index contributed by atoms with van der Waals surface area (Å²) in [5, 5.41) is 5.87. The van der Waals surface area contributed by atoms with E-state index in [2.05, 4.69) is 17.6 Å². The third-order valence-corrected chi connectivity index (χ3v) is 3.63. The molecule has 2 amide bonds. The smallest absolute Gasteiger partial charge is 0.236 e. The molecule has 1 fully saturated rings. The van der Waals surface area contributed by atoms with E-state index in [-0.39, 0.29) is 30.1 Å². The zero-order valence-electron chi connectivity index (χ0n) is 12.6. The third-order valence-electron chi connectivity index (χ3n) is 3.63. The Labute approximate surface area is 128 Å². The van der Waals surface area contributed by atoms with Crippen molar-refractivity contribution in [3.8, 4) is 0 Å². The van der Waals surface area contributed by atoms with Crippen LogP contribution in [0.25, 0.3) is 0 Å². The zero-order chi connectivity index (χ0) is 14.1. The van der Waals surface area contributed by atoms with Gasteiger partial charge < -0.3 is 15.5 Å². The van der Waals surface area contributed by atoms with Gasteiger partial charge in [-0.1, -0.05) is 19.8 Å². The summed E-state index contributed by atoms with van der Waals surface area (Å²) < 4.78 is 0. The molecule has 0 radical (unpaired) electrons. The van der Waals surface area contributed by atoms with Crippen LogP contribution in [0.5, 0.6) is 0 Å². The lowest BCUT2D eigenvalue weighted by atomic mass is 9.96. The predicted molar refractivity (Wildman–Crippen MR) is 83.0 cm³/mol. The number of hydrogen-bond donors (Lipinski definition) is 2. The van der Waals surface area contributed by atoms with Crippen LogP contribution in [0.2, 0.25) is 0 Å². The normalized spacial score (nSPS) is 15.6. The van der Waals surface area contributed by atoms with E-state index in [1.807, 2.05) is 4.90 Å². The van der Waals surface area contributed by atoms with Crippen molar-refractivity contribution in [2.45, 2.75) is 39.0 Å². The van der Waals surface area contributed by atoms with Crippen molar-refractivity contribution in [2.24, 2.45) is 5.92 Å². The molecule has 0 saturated carbocycles. The fourth-order valence-corrected chi connectivity index (χ4v) is 2.39. The molecule has 0 aliphatic carbocycles. The highest BCUT2D eigenvalue weighted by Crippen LogP contribution is 2.17. The van der Waals surface area contributed by atoms with Crippen LogP contribution < -0.4 is 10.6 Å². The number of carbonyl (C=O) groups excluding carboxylic acids is 2. The lowest BCUT2D eigenvalue weighted by molar-refractivity contribution is -0.134. The van der Waals surface area contributed by atoms with E-state index in [1.165, 1.54) is 6.42 Å². The molecule has 2 N–H and O–H groups in total. The van der Waals surface area contributed by atoms with Crippen LogP contribution >= 0.6 is 12.4 Å². The second-order valence-corrected chi connectivity index (χ2v) is 5.18. The summed E-state index contributed by atoms with van der Waals surface area (Å²) in [7, 11) is 1.77. The average molecular weight is 306 g/mol. The van der Waals surface area contributed by atoms with Crippen LogP contribution in [0.4, 0.5) is 0 Å². The second-order valence-electron chi connectivity index (χ2n) is 5.18. The molecule has 1 heterocycles. The monoisotopic (exact) mass is 305 g/mol. The molecule has 1 aliphatic heterocycles. The van der Waals surface area contributed by atoms with Gasteiger partial charge in [0.15, 0.2) is 0 Å². The molecule has 1 rings (SSSR count). The van der Waals surface area contributed by atoms with Gasteiger partial charge in [0.2, 0.25) is 11.8 Å². The molecule has 0 aromatic heterocycles. The molecular weight excluding hydrogens is 278 g/mol. The van der Waals surface area contributed by atoms with E-state index in [0.29, 0.717) is 19.6 Å². The second kappa shape index (κ2) is 10.9. The fourth-order valence-electron chi connectivity index (χ4n) is 2.39. The van der Waals surface area contributed by atoms with Gasteiger partial charge in [-0.15, -0.1) is 12.4 Å². The first-order valence-electron chi connectivity index (χ1n) is 7.39. The largest absolute Gasteiger partial charge is 0.356 e. The molecule has 20 heavy (non-hydrogen) atoms. The Balaban J connectivity index is 0.00000361. The number of amides is 2. The van der Waals surface area contributed by atoms with Crippen molar-refractivity contribution in [3.63, 3.8) is 0 Å². The minimum atomic E-state index is 0. The maximum Gasteiger partial charge on any atom is 0.236 e. The van der Waals surface area contributed by atoms with Crippen molar-refractivity contribution in [1.82, 2.24) is 15.5 Å². The number of likely N-dealkylation sites (N-methyl/N-ethyl adjacent to an activating group) is 1. The van der Waals surface area contributed by atoms with Crippen molar-refractivity contribution in [3.05, 3.63) is 0 Å². The maximum absolute atomic E-state index is 11.9. The minimum absolute atomic E-state index is 0. The number of rotatable bonds is 7. The summed E-state index contributed by atoms with van der Waals surface area (Å²) >= 11 is 0. The Bertz CT molecular complexity index is 292. The van der Waals surface area contributed by atoms with Crippen LogP contribution in [-0.2, 0) is 9.59 Å².